The molecule has 1 aliphatic carbocycles. The van der Waals surface area contributed by atoms with Crippen molar-refractivity contribution in [1.82, 2.24) is 4.90 Å². The summed E-state index contributed by atoms with van der Waals surface area (Å²) in [4.78, 5) is 24.0. The van der Waals surface area contributed by atoms with Gasteiger partial charge in [0.2, 0.25) is 6.41 Å². The first-order chi connectivity index (χ1) is 8.10. The highest BCUT2D eigenvalue weighted by molar-refractivity contribution is 5.81. The van der Waals surface area contributed by atoms with Crippen LogP contribution < -0.4 is 0 Å². The monoisotopic (exact) mass is 243 g/mol. The Kier molecular flexibility index (Phi) is 4.93. The van der Waals surface area contributed by atoms with Gasteiger partial charge in [-0.2, -0.15) is 0 Å². The molecule has 1 saturated carbocycles. The second kappa shape index (κ2) is 6.00. The third kappa shape index (κ3) is 2.77. The molecule has 0 aromatic carbocycles. The lowest BCUT2D eigenvalue weighted by Crippen LogP contribution is -2.56. The molecule has 0 heterocycles. The van der Waals surface area contributed by atoms with E-state index in [-0.39, 0.29) is 6.10 Å². The zero-order chi connectivity index (χ0) is 12.9. The lowest BCUT2D eigenvalue weighted by molar-refractivity contribution is -0.159. The maximum atomic E-state index is 11.5. The Bertz CT molecular complexity index is 272. The molecule has 0 atom stereocenters. The van der Waals surface area contributed by atoms with Gasteiger partial charge in [0.1, 0.15) is 5.54 Å². The topological polar surface area (TPSA) is 66.8 Å². The molecule has 98 valence electrons. The predicted molar refractivity (Wildman–Crippen MR) is 62.7 cm³/mol. The second-order valence-corrected chi connectivity index (χ2v) is 4.57. The van der Waals surface area contributed by atoms with E-state index in [2.05, 4.69) is 0 Å². The first-order valence-corrected chi connectivity index (χ1v) is 6.09. The van der Waals surface area contributed by atoms with Gasteiger partial charge in [0, 0.05) is 13.7 Å². The molecule has 1 N–H and O–H groups in total. The van der Waals surface area contributed by atoms with Gasteiger partial charge in [-0.1, -0.05) is 6.92 Å². The number of rotatable bonds is 6. The standard InChI is InChI=1S/C12H21NO4/c1-3-8-13(9-14)12(11(15)16)6-4-10(17-2)5-7-12/h9-10H,3-8H2,1-2H3,(H,15,16). The van der Waals surface area contributed by atoms with Crippen molar-refractivity contribution < 1.29 is 19.4 Å². The van der Waals surface area contributed by atoms with Crippen LogP contribution in [-0.2, 0) is 14.3 Å². The van der Waals surface area contributed by atoms with Gasteiger partial charge in [-0.3, -0.25) is 4.79 Å². The summed E-state index contributed by atoms with van der Waals surface area (Å²) < 4.78 is 5.24. The number of carbonyl (C=O) groups is 2. The fourth-order valence-electron chi connectivity index (χ4n) is 2.54. The van der Waals surface area contributed by atoms with Gasteiger partial charge in [0.05, 0.1) is 6.10 Å². The molecule has 0 aliphatic heterocycles. The highest BCUT2D eigenvalue weighted by Crippen LogP contribution is 2.34. The van der Waals surface area contributed by atoms with E-state index in [0.29, 0.717) is 38.6 Å². The smallest absolute Gasteiger partial charge is 0.329 e. The van der Waals surface area contributed by atoms with Gasteiger partial charge in [-0.05, 0) is 32.1 Å². The predicted octanol–water partition coefficient (Wildman–Crippen LogP) is 1.27. The lowest BCUT2D eigenvalue weighted by atomic mass is 9.79. The molecule has 1 aliphatic rings. The summed E-state index contributed by atoms with van der Waals surface area (Å²) in [6.45, 7) is 2.43. The quantitative estimate of drug-likeness (QED) is 0.713. The molecule has 0 bridgehead atoms. The molecule has 0 spiro atoms. The molecule has 0 saturated heterocycles. The Balaban J connectivity index is 2.83. The van der Waals surface area contributed by atoms with Crippen LogP contribution in [0.25, 0.3) is 0 Å². The molecule has 0 aromatic heterocycles. The molecular formula is C12H21NO4. The van der Waals surface area contributed by atoms with Crippen LogP contribution in [0.3, 0.4) is 0 Å². The van der Waals surface area contributed by atoms with Crippen LogP contribution in [0.2, 0.25) is 0 Å². The van der Waals surface area contributed by atoms with Crippen molar-refractivity contribution >= 4 is 12.4 Å². The maximum absolute atomic E-state index is 11.5. The molecule has 0 aromatic rings. The molecule has 1 rings (SSSR count). The largest absolute Gasteiger partial charge is 0.479 e. The number of amides is 1. The average Bonchev–Trinajstić information content (AvgIpc) is 2.35. The fraction of sp³-hybridized carbons (Fsp3) is 0.833. The van der Waals surface area contributed by atoms with Crippen molar-refractivity contribution in [3.05, 3.63) is 0 Å². The summed E-state index contributed by atoms with van der Waals surface area (Å²) in [6.07, 6.45) is 3.89. The molecule has 0 radical (unpaired) electrons. The molecular weight excluding hydrogens is 222 g/mol. The van der Waals surface area contributed by atoms with Crippen LogP contribution in [-0.4, -0.2) is 47.7 Å². The minimum atomic E-state index is -1.02. The summed E-state index contributed by atoms with van der Waals surface area (Å²) in [7, 11) is 1.64. The molecule has 5 nitrogen and oxygen atoms in total. The highest BCUT2D eigenvalue weighted by Gasteiger charge is 2.46. The summed E-state index contributed by atoms with van der Waals surface area (Å²) in [5, 5.41) is 9.43. The normalized spacial score (nSPS) is 28.7. The molecule has 1 fully saturated rings. The highest BCUT2D eigenvalue weighted by atomic mass is 16.5. The Morgan fingerprint density at radius 2 is 2.12 bits per heavy atom. The van der Waals surface area contributed by atoms with Gasteiger partial charge in [0.25, 0.3) is 0 Å². The summed E-state index contributed by atoms with van der Waals surface area (Å²) in [5.74, 6) is -0.896. The maximum Gasteiger partial charge on any atom is 0.329 e. The second-order valence-electron chi connectivity index (χ2n) is 4.57. The minimum Gasteiger partial charge on any atom is -0.479 e. The number of aliphatic carboxylic acids is 1. The zero-order valence-electron chi connectivity index (χ0n) is 10.5. The fourth-order valence-corrected chi connectivity index (χ4v) is 2.54. The first-order valence-electron chi connectivity index (χ1n) is 6.09. The van der Waals surface area contributed by atoms with Crippen LogP contribution in [0.15, 0.2) is 0 Å². The van der Waals surface area contributed by atoms with Crippen molar-refractivity contribution in [2.45, 2.75) is 50.7 Å². The first kappa shape index (κ1) is 14.0. The van der Waals surface area contributed by atoms with E-state index >= 15 is 0 Å². The van der Waals surface area contributed by atoms with E-state index in [1.807, 2.05) is 6.92 Å². The number of methoxy groups -OCH3 is 1. The van der Waals surface area contributed by atoms with E-state index in [9.17, 15) is 14.7 Å². The van der Waals surface area contributed by atoms with Gasteiger partial charge in [-0.15, -0.1) is 0 Å². The number of carbonyl (C=O) groups excluding carboxylic acids is 1. The molecule has 17 heavy (non-hydrogen) atoms. The van der Waals surface area contributed by atoms with Crippen molar-refractivity contribution in [3.8, 4) is 0 Å². The van der Waals surface area contributed by atoms with Crippen LogP contribution in [0.5, 0.6) is 0 Å². The number of hydrogen-bond acceptors (Lipinski definition) is 3. The number of nitrogens with zero attached hydrogens (tertiary/aromatic N) is 1. The Hall–Kier alpha value is -1.10. The van der Waals surface area contributed by atoms with Crippen LogP contribution in [0.1, 0.15) is 39.0 Å². The third-order valence-corrected chi connectivity index (χ3v) is 3.63. The van der Waals surface area contributed by atoms with Gasteiger partial charge >= 0.3 is 5.97 Å². The van der Waals surface area contributed by atoms with Crippen molar-refractivity contribution in [2.24, 2.45) is 0 Å². The lowest BCUT2D eigenvalue weighted by Gasteiger charge is -2.42. The van der Waals surface area contributed by atoms with E-state index in [0.717, 1.165) is 6.42 Å². The number of carboxylic acid groups (broad SMARTS) is 1. The summed E-state index contributed by atoms with van der Waals surface area (Å²) in [6, 6.07) is 0. The van der Waals surface area contributed by atoms with Gasteiger partial charge in [0.15, 0.2) is 0 Å². The third-order valence-electron chi connectivity index (χ3n) is 3.63. The molecule has 5 heteroatoms. The zero-order valence-corrected chi connectivity index (χ0v) is 10.5. The summed E-state index contributed by atoms with van der Waals surface area (Å²) >= 11 is 0. The van der Waals surface area contributed by atoms with Crippen molar-refractivity contribution in [2.75, 3.05) is 13.7 Å². The van der Waals surface area contributed by atoms with Gasteiger partial charge in [-0.25, -0.2) is 4.79 Å². The number of hydrogen-bond donors (Lipinski definition) is 1. The van der Waals surface area contributed by atoms with E-state index in [1.54, 1.807) is 7.11 Å². The van der Waals surface area contributed by atoms with Crippen LogP contribution in [0.4, 0.5) is 0 Å². The SMILES string of the molecule is CCCN(C=O)C1(C(=O)O)CCC(OC)CC1. The Morgan fingerprint density at radius 1 is 1.53 bits per heavy atom. The molecule has 1 amide bonds. The van der Waals surface area contributed by atoms with E-state index < -0.39 is 11.5 Å². The van der Waals surface area contributed by atoms with Crippen LogP contribution in [0, 0.1) is 0 Å². The van der Waals surface area contributed by atoms with Crippen LogP contribution >= 0.6 is 0 Å². The minimum absolute atomic E-state index is 0.123. The summed E-state index contributed by atoms with van der Waals surface area (Å²) in [5.41, 5.74) is -1.02. The van der Waals surface area contributed by atoms with Crippen molar-refractivity contribution in [1.29, 1.82) is 0 Å². The number of carboxylic acids is 1. The van der Waals surface area contributed by atoms with Crippen molar-refractivity contribution in [3.63, 3.8) is 0 Å². The average molecular weight is 243 g/mol. The Morgan fingerprint density at radius 3 is 2.47 bits per heavy atom. The molecule has 0 unspecified atom stereocenters. The van der Waals surface area contributed by atoms with Gasteiger partial charge < -0.3 is 14.7 Å². The van der Waals surface area contributed by atoms with E-state index in [4.69, 9.17) is 4.74 Å². The number of ether oxygens (including phenoxy) is 1. The Labute approximate surface area is 102 Å². The van der Waals surface area contributed by atoms with E-state index in [1.165, 1.54) is 4.90 Å².